The zero-order valence-electron chi connectivity index (χ0n) is 5.93. The van der Waals surface area contributed by atoms with E-state index in [9.17, 15) is 0 Å². The molecule has 0 amide bonds. The lowest BCUT2D eigenvalue weighted by Crippen LogP contribution is -1.78. The van der Waals surface area contributed by atoms with Crippen molar-refractivity contribution in [2.75, 3.05) is 0 Å². The zero-order valence-corrected chi connectivity index (χ0v) is 6.68. The number of aryl methyl sites for hydroxylation is 1. The summed E-state index contributed by atoms with van der Waals surface area (Å²) in [6, 6.07) is 1.90. The van der Waals surface area contributed by atoms with E-state index < -0.39 is 0 Å². The topological polar surface area (TPSA) is 41.6 Å². The van der Waals surface area contributed by atoms with Crippen LogP contribution in [0.25, 0.3) is 11.0 Å². The fraction of sp³-hybridized carbons (Fsp3) is 0.143. The fourth-order valence-corrected chi connectivity index (χ4v) is 1.19. The van der Waals surface area contributed by atoms with Gasteiger partial charge in [-0.25, -0.2) is 0 Å². The highest BCUT2D eigenvalue weighted by molar-refractivity contribution is 6.33. The molecule has 0 fully saturated rings. The molecule has 0 atom stereocenters. The lowest BCUT2D eigenvalue weighted by atomic mass is 10.2. The van der Waals surface area contributed by atoms with Crippen molar-refractivity contribution < 1.29 is 0 Å². The smallest absolute Gasteiger partial charge is 0.150 e. The Hall–Kier alpha value is -1.09. The maximum Gasteiger partial charge on any atom is 0.150 e. The van der Waals surface area contributed by atoms with Gasteiger partial charge in [0.25, 0.3) is 0 Å². The van der Waals surface area contributed by atoms with Crippen LogP contribution < -0.4 is 0 Å². The Kier molecular flexibility index (Phi) is 1.32. The Morgan fingerprint density at radius 2 is 2.27 bits per heavy atom. The van der Waals surface area contributed by atoms with Crippen molar-refractivity contribution in [1.82, 2.24) is 15.2 Å². The summed E-state index contributed by atoms with van der Waals surface area (Å²) >= 11 is 5.76. The standard InChI is InChI=1S/C7H6ClN3/c1-4-2-3-9-6-5(4)10-11-7(6)8/h2-3H,1H3,(H,10,11). The van der Waals surface area contributed by atoms with E-state index in [-0.39, 0.29) is 0 Å². The first-order chi connectivity index (χ1) is 5.29. The summed E-state index contributed by atoms with van der Waals surface area (Å²) in [4.78, 5) is 4.08. The molecule has 11 heavy (non-hydrogen) atoms. The molecule has 4 heteroatoms. The number of rotatable bonds is 0. The normalized spacial score (nSPS) is 10.7. The Bertz CT molecular complexity index is 393. The second-order valence-electron chi connectivity index (χ2n) is 2.36. The van der Waals surface area contributed by atoms with Gasteiger partial charge in [0.05, 0.1) is 0 Å². The number of fused-ring (bicyclic) bond motifs is 1. The van der Waals surface area contributed by atoms with Crippen molar-refractivity contribution in [3.63, 3.8) is 0 Å². The van der Waals surface area contributed by atoms with E-state index in [1.54, 1.807) is 6.20 Å². The minimum atomic E-state index is 0.503. The third-order valence-electron chi connectivity index (χ3n) is 1.60. The summed E-state index contributed by atoms with van der Waals surface area (Å²) in [6.07, 6.45) is 1.72. The van der Waals surface area contributed by atoms with Gasteiger partial charge in [-0.15, -0.1) is 0 Å². The first-order valence-electron chi connectivity index (χ1n) is 3.24. The second kappa shape index (κ2) is 2.20. The third-order valence-corrected chi connectivity index (χ3v) is 1.86. The molecule has 0 radical (unpaired) electrons. The molecule has 2 heterocycles. The second-order valence-corrected chi connectivity index (χ2v) is 2.74. The molecular formula is C7H6ClN3. The molecule has 2 rings (SSSR count). The van der Waals surface area contributed by atoms with Crippen molar-refractivity contribution >= 4 is 22.6 Å². The molecule has 56 valence electrons. The number of hydrogen-bond donors (Lipinski definition) is 1. The molecule has 1 N–H and O–H groups in total. The number of halogens is 1. The van der Waals surface area contributed by atoms with Crippen LogP contribution in [0.4, 0.5) is 0 Å². The van der Waals surface area contributed by atoms with E-state index in [4.69, 9.17) is 11.6 Å². The lowest BCUT2D eigenvalue weighted by Gasteiger charge is -1.90. The molecule has 0 aliphatic rings. The average Bonchev–Trinajstić information content (AvgIpc) is 2.35. The average molecular weight is 168 g/mol. The SMILES string of the molecule is Cc1ccnc2c(Cl)[nH]nc12. The first-order valence-corrected chi connectivity index (χ1v) is 3.62. The zero-order chi connectivity index (χ0) is 7.84. The van der Waals surface area contributed by atoms with Crippen molar-refractivity contribution in [3.8, 4) is 0 Å². The van der Waals surface area contributed by atoms with Gasteiger partial charge in [-0.05, 0) is 18.6 Å². The van der Waals surface area contributed by atoms with Crippen molar-refractivity contribution in [2.24, 2.45) is 0 Å². The molecule has 0 aliphatic carbocycles. The van der Waals surface area contributed by atoms with Crippen molar-refractivity contribution in [1.29, 1.82) is 0 Å². The molecule has 0 aliphatic heterocycles. The highest BCUT2D eigenvalue weighted by Crippen LogP contribution is 2.19. The van der Waals surface area contributed by atoms with Crippen LogP contribution in [-0.4, -0.2) is 15.2 Å². The van der Waals surface area contributed by atoms with Gasteiger partial charge in [0.1, 0.15) is 11.0 Å². The van der Waals surface area contributed by atoms with Crippen LogP contribution in [-0.2, 0) is 0 Å². The molecule has 0 unspecified atom stereocenters. The summed E-state index contributed by atoms with van der Waals surface area (Å²) < 4.78 is 0. The van der Waals surface area contributed by atoms with Gasteiger partial charge in [-0.1, -0.05) is 11.6 Å². The summed E-state index contributed by atoms with van der Waals surface area (Å²) in [7, 11) is 0. The Morgan fingerprint density at radius 1 is 1.45 bits per heavy atom. The Balaban J connectivity index is 2.94. The number of pyridine rings is 1. The maximum absolute atomic E-state index is 5.76. The monoisotopic (exact) mass is 167 g/mol. The van der Waals surface area contributed by atoms with Crippen LogP contribution >= 0.6 is 11.6 Å². The van der Waals surface area contributed by atoms with Crippen LogP contribution in [0.2, 0.25) is 5.15 Å². The molecular weight excluding hydrogens is 162 g/mol. The van der Waals surface area contributed by atoms with Crippen LogP contribution in [0.3, 0.4) is 0 Å². The predicted octanol–water partition coefficient (Wildman–Crippen LogP) is 1.92. The van der Waals surface area contributed by atoms with E-state index in [0.717, 1.165) is 16.6 Å². The molecule has 2 aromatic heterocycles. The summed E-state index contributed by atoms with van der Waals surface area (Å²) in [5.41, 5.74) is 2.67. The van der Waals surface area contributed by atoms with E-state index in [1.807, 2.05) is 13.0 Å². The minimum absolute atomic E-state index is 0.503. The molecule has 0 spiro atoms. The third kappa shape index (κ3) is 0.886. The molecule has 2 aromatic rings. The van der Waals surface area contributed by atoms with Crippen molar-refractivity contribution in [2.45, 2.75) is 6.92 Å². The Labute approximate surface area is 68.4 Å². The number of nitrogens with one attached hydrogen (secondary N) is 1. The van der Waals surface area contributed by atoms with Crippen molar-refractivity contribution in [3.05, 3.63) is 23.0 Å². The summed E-state index contributed by atoms with van der Waals surface area (Å²) in [6.45, 7) is 1.97. The number of H-pyrrole nitrogens is 1. The van der Waals surface area contributed by atoms with Gasteiger partial charge in [-0.2, -0.15) is 5.10 Å². The quantitative estimate of drug-likeness (QED) is 0.652. The van der Waals surface area contributed by atoms with Gasteiger partial charge in [-0.3, -0.25) is 10.1 Å². The number of aromatic nitrogens is 3. The highest BCUT2D eigenvalue weighted by Gasteiger charge is 2.04. The van der Waals surface area contributed by atoms with E-state index in [2.05, 4.69) is 15.2 Å². The number of hydrogen-bond acceptors (Lipinski definition) is 2. The fourth-order valence-electron chi connectivity index (χ4n) is 1.01. The number of nitrogens with zero attached hydrogens (tertiary/aromatic N) is 2. The molecule has 0 saturated carbocycles. The first kappa shape index (κ1) is 6.61. The predicted molar refractivity (Wildman–Crippen MR) is 43.6 cm³/mol. The Morgan fingerprint density at radius 3 is 3.00 bits per heavy atom. The largest absolute Gasteiger partial charge is 0.265 e. The molecule has 3 nitrogen and oxygen atoms in total. The van der Waals surface area contributed by atoms with Gasteiger partial charge < -0.3 is 0 Å². The highest BCUT2D eigenvalue weighted by atomic mass is 35.5. The van der Waals surface area contributed by atoms with Gasteiger partial charge in [0, 0.05) is 6.20 Å². The van der Waals surface area contributed by atoms with Crippen LogP contribution in [0.1, 0.15) is 5.56 Å². The van der Waals surface area contributed by atoms with Gasteiger partial charge in [0.2, 0.25) is 0 Å². The lowest BCUT2D eigenvalue weighted by molar-refractivity contribution is 1.11. The van der Waals surface area contributed by atoms with E-state index in [0.29, 0.717) is 5.15 Å². The minimum Gasteiger partial charge on any atom is -0.265 e. The molecule has 0 saturated heterocycles. The van der Waals surface area contributed by atoms with Gasteiger partial charge in [0.15, 0.2) is 5.15 Å². The molecule has 0 bridgehead atoms. The van der Waals surface area contributed by atoms with E-state index >= 15 is 0 Å². The summed E-state index contributed by atoms with van der Waals surface area (Å²) in [5.74, 6) is 0. The molecule has 0 aromatic carbocycles. The van der Waals surface area contributed by atoms with Crippen LogP contribution in [0, 0.1) is 6.92 Å². The van der Waals surface area contributed by atoms with E-state index in [1.165, 1.54) is 0 Å². The maximum atomic E-state index is 5.76. The van der Waals surface area contributed by atoms with Crippen LogP contribution in [0.15, 0.2) is 12.3 Å². The number of aromatic amines is 1. The van der Waals surface area contributed by atoms with Gasteiger partial charge >= 0.3 is 0 Å². The van der Waals surface area contributed by atoms with Crippen LogP contribution in [0.5, 0.6) is 0 Å². The summed E-state index contributed by atoms with van der Waals surface area (Å²) in [5, 5.41) is 7.17.